The van der Waals surface area contributed by atoms with E-state index in [2.05, 4.69) is 21.4 Å². The van der Waals surface area contributed by atoms with Gasteiger partial charge in [0.2, 0.25) is 0 Å². The van der Waals surface area contributed by atoms with Crippen molar-refractivity contribution in [1.82, 2.24) is 19.9 Å². The van der Waals surface area contributed by atoms with Crippen LogP contribution < -0.4 is 10.9 Å². The quantitative estimate of drug-likeness (QED) is 0.780. The molecule has 5 nitrogen and oxygen atoms in total. The lowest BCUT2D eigenvalue weighted by atomic mass is 10.1. The van der Waals surface area contributed by atoms with Crippen LogP contribution in [0.15, 0.2) is 35.4 Å². The Balaban J connectivity index is 1.72. The summed E-state index contributed by atoms with van der Waals surface area (Å²) in [4.78, 5) is 21.5. The fourth-order valence-electron chi connectivity index (χ4n) is 2.64. The van der Waals surface area contributed by atoms with Gasteiger partial charge < -0.3 is 5.32 Å². The summed E-state index contributed by atoms with van der Waals surface area (Å²) in [7, 11) is 0. The van der Waals surface area contributed by atoms with Gasteiger partial charge in [0.05, 0.1) is 28.8 Å². The molecule has 0 unspecified atom stereocenters. The summed E-state index contributed by atoms with van der Waals surface area (Å²) >= 11 is 1.63. The number of hydrogen-bond acceptors (Lipinski definition) is 5. The van der Waals surface area contributed by atoms with E-state index in [9.17, 15) is 4.79 Å². The lowest BCUT2D eigenvalue weighted by Gasteiger charge is -2.16. The third kappa shape index (κ3) is 2.26. The fourth-order valence-corrected chi connectivity index (χ4v) is 3.60. The maximum Gasteiger partial charge on any atom is 0.257 e. The van der Waals surface area contributed by atoms with Crippen LogP contribution in [0.2, 0.25) is 0 Å². The van der Waals surface area contributed by atoms with E-state index in [0.29, 0.717) is 13.1 Å². The first kappa shape index (κ1) is 12.7. The molecule has 0 saturated heterocycles. The van der Waals surface area contributed by atoms with Crippen LogP contribution in [0.3, 0.4) is 0 Å². The van der Waals surface area contributed by atoms with Gasteiger partial charge in [-0.2, -0.15) is 0 Å². The van der Waals surface area contributed by atoms with Crippen molar-refractivity contribution in [3.8, 4) is 0 Å². The molecule has 4 rings (SSSR count). The Kier molecular flexibility index (Phi) is 3.05. The number of aromatic nitrogens is 3. The van der Waals surface area contributed by atoms with Gasteiger partial charge in [0.25, 0.3) is 5.56 Å². The summed E-state index contributed by atoms with van der Waals surface area (Å²) in [6.45, 7) is 2.02. The molecule has 1 aliphatic heterocycles. The van der Waals surface area contributed by atoms with E-state index in [1.807, 2.05) is 18.2 Å². The average molecular weight is 298 g/mol. The van der Waals surface area contributed by atoms with Gasteiger partial charge in [0.15, 0.2) is 0 Å². The molecule has 3 heterocycles. The Morgan fingerprint density at radius 1 is 1.33 bits per heavy atom. The van der Waals surface area contributed by atoms with Crippen LogP contribution in [0.1, 0.15) is 16.3 Å². The summed E-state index contributed by atoms with van der Waals surface area (Å²) < 4.78 is 2.82. The Labute approximate surface area is 125 Å². The second kappa shape index (κ2) is 5.05. The average Bonchev–Trinajstić information content (AvgIpc) is 2.93. The lowest BCUT2D eigenvalue weighted by Crippen LogP contribution is -2.34. The molecule has 0 bridgehead atoms. The minimum absolute atomic E-state index is 0.0701. The summed E-state index contributed by atoms with van der Waals surface area (Å²) in [5, 5.41) is 4.17. The topological polar surface area (TPSA) is 59.8 Å². The summed E-state index contributed by atoms with van der Waals surface area (Å²) in [5.74, 6) is 0. The van der Waals surface area contributed by atoms with E-state index < -0.39 is 0 Å². The molecule has 0 spiro atoms. The van der Waals surface area contributed by atoms with Crippen molar-refractivity contribution < 1.29 is 0 Å². The molecule has 0 aliphatic carbocycles. The second-order valence-corrected chi connectivity index (χ2v) is 6.22. The van der Waals surface area contributed by atoms with Crippen molar-refractivity contribution >= 4 is 21.6 Å². The van der Waals surface area contributed by atoms with Crippen LogP contribution in [0.25, 0.3) is 10.2 Å². The van der Waals surface area contributed by atoms with Crippen LogP contribution in [-0.2, 0) is 19.5 Å². The largest absolute Gasteiger partial charge is 0.311 e. The van der Waals surface area contributed by atoms with Gasteiger partial charge in [0.1, 0.15) is 5.01 Å². The molecule has 0 radical (unpaired) electrons. The summed E-state index contributed by atoms with van der Waals surface area (Å²) in [5.41, 5.74) is 2.78. The molecule has 0 atom stereocenters. The first-order valence-corrected chi connectivity index (χ1v) is 7.75. The first-order valence-electron chi connectivity index (χ1n) is 6.93. The van der Waals surface area contributed by atoms with Crippen molar-refractivity contribution in [2.24, 2.45) is 0 Å². The number of para-hydroxylation sites is 1. The molecule has 21 heavy (non-hydrogen) atoms. The number of nitrogens with zero attached hydrogens (tertiary/aromatic N) is 3. The monoisotopic (exact) mass is 298 g/mol. The molecular weight excluding hydrogens is 284 g/mol. The molecule has 3 aromatic rings. The van der Waals surface area contributed by atoms with Gasteiger partial charge in [-0.05, 0) is 25.1 Å². The fraction of sp³-hybridized carbons (Fsp3) is 0.267. The smallest absolute Gasteiger partial charge is 0.257 e. The van der Waals surface area contributed by atoms with Crippen molar-refractivity contribution in [2.75, 3.05) is 6.54 Å². The molecule has 0 amide bonds. The Morgan fingerprint density at radius 2 is 2.24 bits per heavy atom. The Hall–Kier alpha value is -2.05. The number of hydrogen-bond donors (Lipinski definition) is 1. The molecule has 6 heteroatoms. The highest BCUT2D eigenvalue weighted by Gasteiger charge is 2.15. The highest BCUT2D eigenvalue weighted by atomic mass is 32.1. The summed E-state index contributed by atoms with van der Waals surface area (Å²) in [6, 6.07) is 8.03. The van der Waals surface area contributed by atoms with E-state index in [1.54, 1.807) is 22.2 Å². The first-order chi connectivity index (χ1) is 10.3. The SMILES string of the molecule is O=c1c2c(ncn1Cc1nc3ccccc3s1)CNCC2. The number of fused-ring (bicyclic) bond motifs is 2. The zero-order valence-corrected chi connectivity index (χ0v) is 12.2. The third-order valence-corrected chi connectivity index (χ3v) is 4.73. The lowest BCUT2D eigenvalue weighted by molar-refractivity contribution is 0.596. The molecule has 0 fully saturated rings. The predicted molar refractivity (Wildman–Crippen MR) is 82.6 cm³/mol. The predicted octanol–water partition coefficient (Wildman–Crippen LogP) is 1.55. The highest BCUT2D eigenvalue weighted by Crippen LogP contribution is 2.21. The van der Waals surface area contributed by atoms with Gasteiger partial charge in [-0.1, -0.05) is 12.1 Å². The molecule has 1 aromatic carbocycles. The molecule has 1 aliphatic rings. The number of nitrogens with one attached hydrogen (secondary N) is 1. The minimum atomic E-state index is 0.0701. The summed E-state index contributed by atoms with van der Waals surface area (Å²) in [6.07, 6.45) is 2.39. The van der Waals surface area contributed by atoms with Crippen LogP contribution in [0.5, 0.6) is 0 Å². The molecular formula is C15H14N4OS. The Morgan fingerprint density at radius 3 is 3.14 bits per heavy atom. The molecule has 0 saturated carbocycles. The van der Waals surface area contributed by atoms with Crippen LogP contribution in [0, 0.1) is 0 Å². The van der Waals surface area contributed by atoms with Gasteiger partial charge in [-0.3, -0.25) is 9.36 Å². The Bertz CT molecular complexity index is 834. The normalized spacial score (nSPS) is 14.3. The second-order valence-electron chi connectivity index (χ2n) is 5.10. The van der Waals surface area contributed by atoms with Crippen LogP contribution in [-0.4, -0.2) is 21.1 Å². The minimum Gasteiger partial charge on any atom is -0.311 e. The molecule has 2 aromatic heterocycles. The van der Waals surface area contributed by atoms with E-state index >= 15 is 0 Å². The zero-order valence-electron chi connectivity index (χ0n) is 11.4. The van der Waals surface area contributed by atoms with Crippen LogP contribution >= 0.6 is 11.3 Å². The van der Waals surface area contributed by atoms with Gasteiger partial charge in [-0.15, -0.1) is 11.3 Å². The number of rotatable bonds is 2. The van der Waals surface area contributed by atoms with Crippen molar-refractivity contribution in [3.05, 3.63) is 57.2 Å². The van der Waals surface area contributed by atoms with Crippen molar-refractivity contribution in [3.63, 3.8) is 0 Å². The highest BCUT2D eigenvalue weighted by molar-refractivity contribution is 7.18. The van der Waals surface area contributed by atoms with E-state index in [0.717, 1.165) is 39.4 Å². The van der Waals surface area contributed by atoms with Gasteiger partial charge in [0, 0.05) is 12.1 Å². The number of benzene rings is 1. The standard InChI is InChI=1S/C15H14N4OS/c20-15-10-5-6-16-7-12(10)17-9-19(15)8-14-18-11-3-1-2-4-13(11)21-14/h1-4,9,16H,5-8H2. The molecule has 106 valence electrons. The van der Waals surface area contributed by atoms with E-state index in [1.165, 1.54) is 0 Å². The van der Waals surface area contributed by atoms with Gasteiger partial charge in [-0.25, -0.2) is 9.97 Å². The van der Waals surface area contributed by atoms with Crippen LogP contribution in [0.4, 0.5) is 0 Å². The van der Waals surface area contributed by atoms with Crippen molar-refractivity contribution in [2.45, 2.75) is 19.5 Å². The third-order valence-electron chi connectivity index (χ3n) is 3.71. The number of thiazole rings is 1. The van der Waals surface area contributed by atoms with Gasteiger partial charge >= 0.3 is 0 Å². The van der Waals surface area contributed by atoms with Crippen molar-refractivity contribution in [1.29, 1.82) is 0 Å². The van der Waals surface area contributed by atoms with E-state index in [-0.39, 0.29) is 5.56 Å². The zero-order chi connectivity index (χ0) is 14.2. The maximum absolute atomic E-state index is 12.5. The van der Waals surface area contributed by atoms with E-state index in [4.69, 9.17) is 0 Å². The molecule has 1 N–H and O–H groups in total. The maximum atomic E-state index is 12.5.